The van der Waals surface area contributed by atoms with Crippen LogP contribution in [-0.4, -0.2) is 39.4 Å². The Labute approximate surface area is 138 Å². The number of rotatable bonds is 6. The highest BCUT2D eigenvalue weighted by molar-refractivity contribution is 5.91. The average Bonchev–Trinajstić information content (AvgIpc) is 3.15. The van der Waals surface area contributed by atoms with Crippen molar-refractivity contribution in [3.05, 3.63) is 55.2 Å². The number of carbonyl (C=O) groups is 1. The van der Waals surface area contributed by atoms with E-state index in [1.807, 2.05) is 12.1 Å². The van der Waals surface area contributed by atoms with Crippen molar-refractivity contribution in [2.75, 3.05) is 19.0 Å². The highest BCUT2D eigenvalue weighted by Gasteiger charge is 2.08. The number of aromatic nitrogens is 4. The van der Waals surface area contributed by atoms with Crippen molar-refractivity contribution in [3.8, 4) is 17.3 Å². The summed E-state index contributed by atoms with van der Waals surface area (Å²) >= 11 is 0. The van der Waals surface area contributed by atoms with Gasteiger partial charge in [0.15, 0.2) is 18.1 Å². The minimum Gasteiger partial charge on any atom is -0.493 e. The Morgan fingerprint density at radius 2 is 1.88 bits per heavy atom. The maximum Gasteiger partial charge on any atom is 0.262 e. The first-order valence-electron chi connectivity index (χ1n) is 7.13. The molecule has 0 saturated carbocycles. The van der Waals surface area contributed by atoms with Crippen LogP contribution in [0.25, 0.3) is 5.82 Å². The van der Waals surface area contributed by atoms with E-state index in [0.29, 0.717) is 23.0 Å². The Bertz CT molecular complexity index is 803. The Hall–Kier alpha value is -3.42. The molecule has 1 aromatic carbocycles. The van der Waals surface area contributed by atoms with Crippen LogP contribution >= 0.6 is 0 Å². The fourth-order valence-corrected chi connectivity index (χ4v) is 2.01. The molecule has 1 N–H and O–H groups in total. The summed E-state index contributed by atoms with van der Waals surface area (Å²) in [7, 11) is 1.55. The first-order valence-corrected chi connectivity index (χ1v) is 7.13. The molecule has 3 rings (SSSR count). The highest BCUT2D eigenvalue weighted by atomic mass is 16.5. The lowest BCUT2D eigenvalue weighted by Gasteiger charge is -2.10. The number of methoxy groups -OCH3 is 1. The molecule has 2 aromatic heterocycles. The van der Waals surface area contributed by atoms with Crippen molar-refractivity contribution in [3.63, 3.8) is 0 Å². The second-order valence-corrected chi connectivity index (χ2v) is 4.76. The zero-order valence-electron chi connectivity index (χ0n) is 12.9. The predicted molar refractivity (Wildman–Crippen MR) is 86.3 cm³/mol. The summed E-state index contributed by atoms with van der Waals surface area (Å²) in [6.45, 7) is -0.131. The van der Waals surface area contributed by atoms with Crippen LogP contribution in [0.1, 0.15) is 0 Å². The molecule has 0 aliphatic heterocycles. The third-order valence-corrected chi connectivity index (χ3v) is 3.14. The van der Waals surface area contributed by atoms with Crippen LogP contribution in [0.3, 0.4) is 0 Å². The third kappa shape index (κ3) is 3.67. The monoisotopic (exact) mass is 325 g/mol. The van der Waals surface area contributed by atoms with E-state index >= 15 is 0 Å². The smallest absolute Gasteiger partial charge is 0.262 e. The van der Waals surface area contributed by atoms with Gasteiger partial charge >= 0.3 is 0 Å². The Morgan fingerprint density at radius 1 is 1.12 bits per heavy atom. The van der Waals surface area contributed by atoms with Crippen molar-refractivity contribution >= 4 is 11.6 Å². The summed E-state index contributed by atoms with van der Waals surface area (Å²) in [6.07, 6.45) is 4.64. The zero-order valence-corrected chi connectivity index (χ0v) is 12.9. The molecule has 0 unspecified atom stereocenters. The van der Waals surface area contributed by atoms with Gasteiger partial charge < -0.3 is 14.8 Å². The lowest BCUT2D eigenvalue weighted by Crippen LogP contribution is -2.20. The molecule has 3 aromatic rings. The number of amides is 1. The molecule has 0 aliphatic rings. The first kappa shape index (κ1) is 15.5. The third-order valence-electron chi connectivity index (χ3n) is 3.14. The molecular weight excluding hydrogens is 310 g/mol. The van der Waals surface area contributed by atoms with Crippen molar-refractivity contribution in [2.45, 2.75) is 0 Å². The summed E-state index contributed by atoms with van der Waals surface area (Å²) in [5.74, 6) is 1.45. The molecule has 1 amide bonds. The molecule has 0 spiro atoms. The van der Waals surface area contributed by atoms with Crippen LogP contribution in [0.15, 0.2) is 55.2 Å². The van der Waals surface area contributed by atoms with Crippen LogP contribution in [0.4, 0.5) is 5.69 Å². The van der Waals surface area contributed by atoms with Crippen LogP contribution in [0.5, 0.6) is 11.5 Å². The Balaban J connectivity index is 1.57. The van der Waals surface area contributed by atoms with E-state index < -0.39 is 0 Å². The first-order chi connectivity index (χ1) is 11.8. The molecular formula is C16H15N5O3. The lowest BCUT2D eigenvalue weighted by atomic mass is 10.3. The standard InChI is InChI=1S/C16H15N5O3/c1-23-13-4-2-3-5-14(13)24-9-16(22)20-12-6-7-15(17-8-12)21-10-18-19-11-21/h2-8,10-11H,9H2,1H3,(H,20,22). The van der Waals surface area contributed by atoms with Crippen LogP contribution in [-0.2, 0) is 4.79 Å². The van der Waals surface area contributed by atoms with E-state index in [1.54, 1.807) is 54.8 Å². The number of hydrogen-bond acceptors (Lipinski definition) is 6. The van der Waals surface area contributed by atoms with Gasteiger partial charge in [0.05, 0.1) is 19.0 Å². The van der Waals surface area contributed by atoms with Crippen LogP contribution in [0.2, 0.25) is 0 Å². The molecule has 0 bridgehead atoms. The number of anilines is 1. The molecule has 8 nitrogen and oxygen atoms in total. The van der Waals surface area contributed by atoms with Gasteiger partial charge in [0, 0.05) is 0 Å². The Morgan fingerprint density at radius 3 is 2.54 bits per heavy atom. The fourth-order valence-electron chi connectivity index (χ4n) is 2.01. The number of pyridine rings is 1. The van der Waals surface area contributed by atoms with Crippen LogP contribution < -0.4 is 14.8 Å². The summed E-state index contributed by atoms with van der Waals surface area (Å²) in [5.41, 5.74) is 0.570. The molecule has 122 valence electrons. The number of ether oxygens (including phenoxy) is 2. The zero-order chi connectivity index (χ0) is 16.8. The minimum atomic E-state index is -0.292. The van der Waals surface area contributed by atoms with Crippen molar-refractivity contribution in [1.29, 1.82) is 0 Å². The summed E-state index contributed by atoms with van der Waals surface area (Å²) < 4.78 is 12.3. The molecule has 8 heteroatoms. The van der Waals surface area contributed by atoms with Gasteiger partial charge in [-0.3, -0.25) is 9.36 Å². The second-order valence-electron chi connectivity index (χ2n) is 4.76. The quantitative estimate of drug-likeness (QED) is 0.741. The van der Waals surface area contributed by atoms with Gasteiger partial charge in [-0.1, -0.05) is 12.1 Å². The lowest BCUT2D eigenvalue weighted by molar-refractivity contribution is -0.118. The number of hydrogen-bond donors (Lipinski definition) is 1. The van der Waals surface area contributed by atoms with E-state index in [0.717, 1.165) is 0 Å². The van der Waals surface area contributed by atoms with E-state index in [2.05, 4.69) is 20.5 Å². The molecule has 0 radical (unpaired) electrons. The number of benzene rings is 1. The maximum atomic E-state index is 12.0. The SMILES string of the molecule is COc1ccccc1OCC(=O)Nc1ccc(-n2cnnc2)nc1. The van der Waals surface area contributed by atoms with Crippen molar-refractivity contribution in [2.24, 2.45) is 0 Å². The molecule has 0 atom stereocenters. The molecule has 0 saturated heterocycles. The number of carbonyl (C=O) groups excluding carboxylic acids is 1. The van der Waals surface area contributed by atoms with Gasteiger partial charge in [0.25, 0.3) is 5.91 Å². The van der Waals surface area contributed by atoms with Gasteiger partial charge in [-0.15, -0.1) is 10.2 Å². The van der Waals surface area contributed by atoms with E-state index in [4.69, 9.17) is 9.47 Å². The van der Waals surface area contributed by atoms with Gasteiger partial charge in [0.1, 0.15) is 18.5 Å². The minimum absolute atomic E-state index is 0.131. The van der Waals surface area contributed by atoms with E-state index in [1.165, 1.54) is 0 Å². The Kier molecular flexibility index (Phi) is 4.66. The average molecular weight is 325 g/mol. The highest BCUT2D eigenvalue weighted by Crippen LogP contribution is 2.25. The summed E-state index contributed by atoms with van der Waals surface area (Å²) in [5, 5.41) is 10.1. The summed E-state index contributed by atoms with van der Waals surface area (Å²) in [6, 6.07) is 10.6. The topological polar surface area (TPSA) is 91.2 Å². The number of nitrogens with zero attached hydrogens (tertiary/aromatic N) is 4. The predicted octanol–water partition coefficient (Wildman–Crippen LogP) is 1.69. The molecule has 24 heavy (non-hydrogen) atoms. The molecule has 0 aliphatic carbocycles. The normalized spacial score (nSPS) is 10.2. The van der Waals surface area contributed by atoms with Crippen molar-refractivity contribution < 1.29 is 14.3 Å². The maximum absolute atomic E-state index is 12.0. The van der Waals surface area contributed by atoms with Gasteiger partial charge in [-0.25, -0.2) is 4.98 Å². The van der Waals surface area contributed by atoms with Crippen LogP contribution in [0, 0.1) is 0 Å². The summed E-state index contributed by atoms with van der Waals surface area (Å²) in [4.78, 5) is 16.2. The fraction of sp³-hybridized carbons (Fsp3) is 0.125. The van der Waals surface area contributed by atoms with Gasteiger partial charge in [-0.2, -0.15) is 0 Å². The van der Waals surface area contributed by atoms with E-state index in [9.17, 15) is 4.79 Å². The second kappa shape index (κ2) is 7.23. The molecule has 0 fully saturated rings. The largest absolute Gasteiger partial charge is 0.493 e. The van der Waals surface area contributed by atoms with E-state index in [-0.39, 0.29) is 12.5 Å². The van der Waals surface area contributed by atoms with Crippen molar-refractivity contribution in [1.82, 2.24) is 19.7 Å². The van der Waals surface area contributed by atoms with Gasteiger partial charge in [0.2, 0.25) is 0 Å². The van der Waals surface area contributed by atoms with Gasteiger partial charge in [-0.05, 0) is 24.3 Å². The number of nitrogens with one attached hydrogen (secondary N) is 1. The number of para-hydroxylation sites is 2. The molecule has 2 heterocycles.